The van der Waals surface area contributed by atoms with Crippen LogP contribution < -0.4 is 0 Å². The fraction of sp³-hybridized carbons (Fsp3) is 0. The van der Waals surface area contributed by atoms with E-state index >= 15 is 0 Å². The summed E-state index contributed by atoms with van der Waals surface area (Å²) >= 11 is 1.68. The smallest absolute Gasteiger partial charge is 0.0455 e. The van der Waals surface area contributed by atoms with Crippen LogP contribution in [-0.4, -0.2) is 0 Å². The average molecular weight is 183 g/mol. The van der Waals surface area contributed by atoms with E-state index < -0.39 is 0 Å². The molecule has 3 aromatic rings. The standard InChI is InChI=1S/C12H7S/c1-2-4-10-9(3-1)5-6-12-11(10)7-8-13-12/h1-7H. The third-order valence-electron chi connectivity index (χ3n) is 2.30. The Labute approximate surface area is 80.4 Å². The molecule has 0 saturated heterocycles. The third kappa shape index (κ3) is 0.973. The zero-order valence-corrected chi connectivity index (χ0v) is 7.77. The third-order valence-corrected chi connectivity index (χ3v) is 3.11. The van der Waals surface area contributed by atoms with Gasteiger partial charge < -0.3 is 0 Å². The van der Waals surface area contributed by atoms with Gasteiger partial charge in [-0.15, -0.1) is 11.3 Å². The minimum atomic E-state index is 1.31. The number of thiophene rings is 1. The molecule has 1 heterocycles. The summed E-state index contributed by atoms with van der Waals surface area (Å²) < 4.78 is 1.32. The van der Waals surface area contributed by atoms with Crippen LogP contribution in [0.3, 0.4) is 0 Å². The lowest BCUT2D eigenvalue weighted by atomic mass is 10.1. The molecule has 1 radical (unpaired) electrons. The monoisotopic (exact) mass is 183 g/mol. The Kier molecular flexibility index (Phi) is 1.41. The van der Waals surface area contributed by atoms with Gasteiger partial charge in [-0.2, -0.15) is 0 Å². The van der Waals surface area contributed by atoms with Crippen LogP contribution in [0.4, 0.5) is 0 Å². The topological polar surface area (TPSA) is 0 Å². The van der Waals surface area contributed by atoms with Gasteiger partial charge in [0.15, 0.2) is 0 Å². The molecule has 0 unspecified atom stereocenters. The van der Waals surface area contributed by atoms with Crippen LogP contribution in [-0.2, 0) is 0 Å². The van der Waals surface area contributed by atoms with E-state index in [0.29, 0.717) is 0 Å². The zero-order valence-electron chi connectivity index (χ0n) is 6.95. The predicted molar refractivity (Wildman–Crippen MR) is 58.2 cm³/mol. The second-order valence-electron chi connectivity index (χ2n) is 3.06. The van der Waals surface area contributed by atoms with Crippen molar-refractivity contribution >= 4 is 32.2 Å². The van der Waals surface area contributed by atoms with Gasteiger partial charge in [0.1, 0.15) is 0 Å². The Hall–Kier alpha value is -1.34. The average Bonchev–Trinajstić information content (AvgIpc) is 2.65. The maximum absolute atomic E-state index is 3.17. The minimum Gasteiger partial charge on any atom is -0.134 e. The van der Waals surface area contributed by atoms with Crippen molar-refractivity contribution in [2.75, 3.05) is 0 Å². The van der Waals surface area contributed by atoms with Crippen molar-refractivity contribution < 1.29 is 0 Å². The molecule has 61 valence electrons. The van der Waals surface area contributed by atoms with E-state index in [1.807, 2.05) is 0 Å². The molecular weight excluding hydrogens is 176 g/mol. The molecule has 0 N–H and O–H groups in total. The SMILES string of the molecule is [c]1cc2c(ccc3ccccc32)s1. The summed E-state index contributed by atoms with van der Waals surface area (Å²) in [5.41, 5.74) is 0. The van der Waals surface area contributed by atoms with Crippen molar-refractivity contribution in [1.82, 2.24) is 0 Å². The summed E-state index contributed by atoms with van der Waals surface area (Å²) in [4.78, 5) is 0. The van der Waals surface area contributed by atoms with Gasteiger partial charge in [-0.25, -0.2) is 0 Å². The second kappa shape index (κ2) is 2.57. The quantitative estimate of drug-likeness (QED) is 0.496. The summed E-state index contributed by atoms with van der Waals surface area (Å²) in [6.07, 6.45) is 0. The normalized spacial score (nSPS) is 11.1. The maximum atomic E-state index is 3.17. The highest BCUT2D eigenvalue weighted by atomic mass is 32.1. The number of rotatable bonds is 0. The first-order valence-electron chi connectivity index (χ1n) is 4.22. The Bertz CT molecular complexity index is 563. The van der Waals surface area contributed by atoms with Gasteiger partial charge in [0, 0.05) is 15.5 Å². The van der Waals surface area contributed by atoms with Crippen molar-refractivity contribution in [3.8, 4) is 0 Å². The first-order valence-corrected chi connectivity index (χ1v) is 5.04. The summed E-state index contributed by atoms with van der Waals surface area (Å²) in [6, 6.07) is 14.9. The lowest BCUT2D eigenvalue weighted by molar-refractivity contribution is 1.81. The molecule has 0 bridgehead atoms. The van der Waals surface area contributed by atoms with Gasteiger partial charge in [0.05, 0.1) is 0 Å². The van der Waals surface area contributed by atoms with Crippen LogP contribution in [0.15, 0.2) is 42.5 Å². The molecule has 0 fully saturated rings. The molecule has 2 aromatic carbocycles. The van der Waals surface area contributed by atoms with E-state index in [1.54, 1.807) is 11.3 Å². The van der Waals surface area contributed by atoms with Gasteiger partial charge in [-0.05, 0) is 22.9 Å². The number of hydrogen-bond donors (Lipinski definition) is 0. The van der Waals surface area contributed by atoms with Crippen LogP contribution in [0.2, 0.25) is 0 Å². The van der Waals surface area contributed by atoms with Crippen LogP contribution in [0.5, 0.6) is 0 Å². The molecule has 0 nitrogen and oxygen atoms in total. The lowest BCUT2D eigenvalue weighted by Crippen LogP contribution is -1.70. The molecule has 0 aliphatic rings. The van der Waals surface area contributed by atoms with E-state index in [4.69, 9.17) is 0 Å². The Morgan fingerprint density at radius 2 is 1.85 bits per heavy atom. The van der Waals surface area contributed by atoms with Crippen molar-refractivity contribution in [2.45, 2.75) is 0 Å². The van der Waals surface area contributed by atoms with Crippen LogP contribution in [0, 0.1) is 5.38 Å². The summed E-state index contributed by atoms with van der Waals surface area (Å²) in [6.45, 7) is 0. The van der Waals surface area contributed by atoms with Crippen molar-refractivity contribution in [1.29, 1.82) is 0 Å². The summed E-state index contributed by atoms with van der Waals surface area (Å²) in [7, 11) is 0. The molecule has 0 aliphatic carbocycles. The summed E-state index contributed by atoms with van der Waals surface area (Å²) in [5.74, 6) is 0. The van der Waals surface area contributed by atoms with Crippen molar-refractivity contribution in [3.63, 3.8) is 0 Å². The Morgan fingerprint density at radius 3 is 2.85 bits per heavy atom. The molecule has 1 heteroatoms. The van der Waals surface area contributed by atoms with Crippen LogP contribution >= 0.6 is 11.3 Å². The number of fused-ring (bicyclic) bond motifs is 3. The van der Waals surface area contributed by atoms with Gasteiger partial charge in [0.25, 0.3) is 0 Å². The fourth-order valence-corrected chi connectivity index (χ4v) is 2.38. The molecule has 3 rings (SSSR count). The number of hydrogen-bond acceptors (Lipinski definition) is 1. The Balaban J connectivity index is 2.65. The second-order valence-corrected chi connectivity index (χ2v) is 3.94. The van der Waals surface area contributed by atoms with E-state index in [0.717, 1.165) is 0 Å². The maximum Gasteiger partial charge on any atom is 0.0455 e. The molecule has 0 amide bonds. The molecule has 0 spiro atoms. The van der Waals surface area contributed by atoms with E-state index in [1.165, 1.54) is 20.9 Å². The van der Waals surface area contributed by atoms with Crippen molar-refractivity contribution in [2.24, 2.45) is 0 Å². The molecule has 0 aliphatic heterocycles. The first kappa shape index (κ1) is 7.10. The highest BCUT2D eigenvalue weighted by Crippen LogP contribution is 2.28. The van der Waals surface area contributed by atoms with Crippen LogP contribution in [0.25, 0.3) is 20.9 Å². The zero-order chi connectivity index (χ0) is 8.67. The highest BCUT2D eigenvalue weighted by molar-refractivity contribution is 7.16. The van der Waals surface area contributed by atoms with E-state index in [-0.39, 0.29) is 0 Å². The van der Waals surface area contributed by atoms with E-state index in [2.05, 4.69) is 47.8 Å². The molecular formula is C12H7S. The van der Waals surface area contributed by atoms with Gasteiger partial charge >= 0.3 is 0 Å². The first-order chi connectivity index (χ1) is 6.45. The largest absolute Gasteiger partial charge is 0.134 e. The van der Waals surface area contributed by atoms with Gasteiger partial charge in [-0.3, -0.25) is 0 Å². The molecule has 13 heavy (non-hydrogen) atoms. The molecule has 1 aromatic heterocycles. The van der Waals surface area contributed by atoms with Crippen molar-refractivity contribution in [3.05, 3.63) is 47.8 Å². The fourth-order valence-electron chi connectivity index (χ4n) is 1.67. The van der Waals surface area contributed by atoms with Crippen LogP contribution in [0.1, 0.15) is 0 Å². The predicted octanol–water partition coefficient (Wildman–Crippen LogP) is 3.85. The summed E-state index contributed by atoms with van der Waals surface area (Å²) in [5, 5.41) is 7.13. The highest BCUT2D eigenvalue weighted by Gasteiger charge is 1.99. The van der Waals surface area contributed by atoms with E-state index in [9.17, 15) is 0 Å². The van der Waals surface area contributed by atoms with Gasteiger partial charge in [0.2, 0.25) is 0 Å². The molecule has 0 atom stereocenters. The Morgan fingerprint density at radius 1 is 0.923 bits per heavy atom. The molecule has 0 saturated carbocycles. The number of benzene rings is 2. The minimum absolute atomic E-state index is 1.31. The lowest BCUT2D eigenvalue weighted by Gasteiger charge is -1.97. The van der Waals surface area contributed by atoms with Gasteiger partial charge in [-0.1, -0.05) is 30.3 Å².